The van der Waals surface area contributed by atoms with Crippen molar-refractivity contribution in [2.45, 2.75) is 39.4 Å². The van der Waals surface area contributed by atoms with E-state index in [1.54, 1.807) is 6.20 Å². The summed E-state index contributed by atoms with van der Waals surface area (Å²) in [6.07, 6.45) is 1.30. The summed E-state index contributed by atoms with van der Waals surface area (Å²) >= 11 is 6.17. The second-order valence-corrected chi connectivity index (χ2v) is 9.31. The van der Waals surface area contributed by atoms with Crippen molar-refractivity contribution >= 4 is 22.5 Å². The predicted octanol–water partition coefficient (Wildman–Crippen LogP) is 6.77. The molecule has 0 aliphatic rings. The Kier molecular flexibility index (Phi) is 6.29. The van der Waals surface area contributed by atoms with Crippen LogP contribution in [0, 0.1) is 6.92 Å². The van der Waals surface area contributed by atoms with E-state index < -0.39 is 11.7 Å². The lowest BCUT2D eigenvalue weighted by Gasteiger charge is -2.30. The Hall–Kier alpha value is -2.79. The second-order valence-electron chi connectivity index (χ2n) is 8.87. The van der Waals surface area contributed by atoms with Crippen LogP contribution < -0.4 is 0 Å². The van der Waals surface area contributed by atoms with E-state index >= 15 is 0 Å². The molecule has 0 radical (unpaired) electrons. The molecule has 1 N–H and O–H groups in total. The first kappa shape index (κ1) is 22.4. The Balaban J connectivity index is 1.99. The smallest absolute Gasteiger partial charge is 0.107 e. The number of ether oxygens (including phenoxy) is 1. The summed E-state index contributed by atoms with van der Waals surface area (Å²) in [6.45, 7) is 7.90. The van der Waals surface area contributed by atoms with Gasteiger partial charge in [-0.25, -0.2) is 4.98 Å². The lowest BCUT2D eigenvalue weighted by Crippen LogP contribution is -2.25. The van der Waals surface area contributed by atoms with E-state index in [1.165, 1.54) is 0 Å². The highest BCUT2D eigenvalue weighted by atomic mass is 35.5. The number of rotatable bonds is 5. The number of aliphatic hydroxyl groups excluding tert-OH is 1. The third-order valence-corrected chi connectivity index (χ3v) is 5.54. The van der Waals surface area contributed by atoms with Gasteiger partial charge in [0.1, 0.15) is 6.10 Å². The predicted molar refractivity (Wildman–Crippen MR) is 131 cm³/mol. The quantitative estimate of drug-likeness (QED) is 0.367. The van der Waals surface area contributed by atoms with Crippen LogP contribution in [0.15, 0.2) is 66.9 Å². The van der Waals surface area contributed by atoms with Gasteiger partial charge in [0.2, 0.25) is 0 Å². The Morgan fingerprint density at radius 3 is 2.38 bits per heavy atom. The van der Waals surface area contributed by atoms with Crippen molar-refractivity contribution in [1.82, 2.24) is 9.97 Å². The summed E-state index contributed by atoms with van der Waals surface area (Å²) < 4.78 is 6.28. The lowest BCUT2D eigenvalue weighted by atomic mass is 9.88. The minimum atomic E-state index is -0.472. The maximum atomic E-state index is 10.3. The van der Waals surface area contributed by atoms with Gasteiger partial charge in [-0.1, -0.05) is 29.8 Å². The summed E-state index contributed by atoms with van der Waals surface area (Å²) in [5.41, 5.74) is 6.08. The molecule has 0 amide bonds. The molecule has 0 aliphatic carbocycles. The molecule has 4 rings (SSSR count). The fourth-order valence-electron chi connectivity index (χ4n) is 4.04. The standard InChI is InChI=1S/C27H27ClN2O2/c1-17-15-23-20(12-13-22(30-23)21-7-5-6-14-29-21)26(18-8-10-19(28)11-9-18)25(17)24(16-31)32-27(2,3)4/h5-15,24,31H,16H2,1-4H3/t24-/m1/s1. The maximum absolute atomic E-state index is 10.3. The Morgan fingerprint density at radius 2 is 1.75 bits per heavy atom. The Morgan fingerprint density at radius 1 is 1.00 bits per heavy atom. The van der Waals surface area contributed by atoms with Crippen LogP contribution in [0.25, 0.3) is 33.4 Å². The molecular formula is C27H27ClN2O2. The third-order valence-electron chi connectivity index (χ3n) is 5.29. The SMILES string of the molecule is Cc1cc2nc(-c3ccccn3)ccc2c(-c2ccc(Cl)cc2)c1[C@@H](CO)OC(C)(C)C. The highest BCUT2D eigenvalue weighted by Crippen LogP contribution is 2.40. The number of aliphatic hydroxyl groups is 1. The zero-order valence-corrected chi connectivity index (χ0v) is 19.5. The molecule has 5 heteroatoms. The molecule has 0 aliphatic heterocycles. The van der Waals surface area contributed by atoms with E-state index in [9.17, 15) is 5.11 Å². The van der Waals surface area contributed by atoms with Crippen molar-refractivity contribution in [3.05, 3.63) is 83.0 Å². The molecule has 0 unspecified atom stereocenters. The number of pyridine rings is 2. The summed E-state index contributed by atoms with van der Waals surface area (Å²) in [4.78, 5) is 9.36. The van der Waals surface area contributed by atoms with E-state index in [-0.39, 0.29) is 6.61 Å². The van der Waals surface area contributed by atoms with E-state index in [4.69, 9.17) is 21.3 Å². The van der Waals surface area contributed by atoms with Gasteiger partial charge in [-0.3, -0.25) is 4.98 Å². The third kappa shape index (κ3) is 4.68. The number of hydrogen-bond donors (Lipinski definition) is 1. The molecule has 32 heavy (non-hydrogen) atoms. The van der Waals surface area contributed by atoms with Crippen LogP contribution in [0.1, 0.15) is 38.0 Å². The lowest BCUT2D eigenvalue weighted by molar-refractivity contribution is -0.0821. The number of benzene rings is 2. The number of hydrogen-bond acceptors (Lipinski definition) is 4. The normalized spacial score (nSPS) is 12.8. The zero-order valence-electron chi connectivity index (χ0n) is 18.8. The van der Waals surface area contributed by atoms with Crippen LogP contribution in [-0.4, -0.2) is 27.3 Å². The average Bonchev–Trinajstić information content (AvgIpc) is 2.77. The Labute approximate surface area is 193 Å². The first-order valence-electron chi connectivity index (χ1n) is 10.7. The van der Waals surface area contributed by atoms with Gasteiger partial charge in [0.05, 0.1) is 29.1 Å². The summed E-state index contributed by atoms with van der Waals surface area (Å²) in [5.74, 6) is 0. The highest BCUT2D eigenvalue weighted by Gasteiger charge is 2.26. The van der Waals surface area contributed by atoms with Gasteiger partial charge < -0.3 is 9.84 Å². The fourth-order valence-corrected chi connectivity index (χ4v) is 4.16. The Bertz CT molecular complexity index is 1230. The monoisotopic (exact) mass is 446 g/mol. The highest BCUT2D eigenvalue weighted by molar-refractivity contribution is 6.30. The van der Waals surface area contributed by atoms with Gasteiger partial charge in [-0.05, 0) is 92.4 Å². The maximum Gasteiger partial charge on any atom is 0.107 e. The molecule has 2 aromatic carbocycles. The summed E-state index contributed by atoms with van der Waals surface area (Å²) in [5, 5.41) is 11.9. The number of aromatic nitrogens is 2. The van der Waals surface area contributed by atoms with Crippen molar-refractivity contribution < 1.29 is 9.84 Å². The molecule has 0 bridgehead atoms. The molecule has 2 aromatic heterocycles. The number of halogens is 1. The molecule has 4 nitrogen and oxygen atoms in total. The van der Waals surface area contributed by atoms with Crippen LogP contribution in [0.2, 0.25) is 5.02 Å². The van der Waals surface area contributed by atoms with Crippen molar-refractivity contribution in [2.24, 2.45) is 0 Å². The van der Waals surface area contributed by atoms with Crippen LogP contribution in [0.4, 0.5) is 0 Å². The number of fused-ring (bicyclic) bond motifs is 1. The molecule has 164 valence electrons. The molecular weight excluding hydrogens is 420 g/mol. The molecule has 0 fully saturated rings. The molecule has 1 atom stereocenters. The molecule has 4 aromatic rings. The minimum absolute atomic E-state index is 0.121. The average molecular weight is 447 g/mol. The zero-order chi connectivity index (χ0) is 22.9. The largest absolute Gasteiger partial charge is 0.393 e. The van der Waals surface area contributed by atoms with Crippen LogP contribution in [0.5, 0.6) is 0 Å². The van der Waals surface area contributed by atoms with E-state index in [1.807, 2.05) is 76.2 Å². The second kappa shape index (κ2) is 8.99. The van der Waals surface area contributed by atoms with Crippen molar-refractivity contribution in [1.29, 1.82) is 0 Å². The van der Waals surface area contributed by atoms with E-state index in [0.29, 0.717) is 5.02 Å². The van der Waals surface area contributed by atoms with E-state index in [2.05, 4.69) is 17.1 Å². The van der Waals surface area contributed by atoms with Gasteiger partial charge >= 0.3 is 0 Å². The van der Waals surface area contributed by atoms with Crippen molar-refractivity contribution in [3.63, 3.8) is 0 Å². The number of aryl methyl sites for hydroxylation is 1. The van der Waals surface area contributed by atoms with E-state index in [0.717, 1.165) is 44.5 Å². The first-order valence-corrected chi connectivity index (χ1v) is 11.0. The van der Waals surface area contributed by atoms with Crippen LogP contribution >= 0.6 is 11.6 Å². The minimum Gasteiger partial charge on any atom is -0.393 e. The van der Waals surface area contributed by atoms with Gasteiger partial charge in [-0.15, -0.1) is 0 Å². The van der Waals surface area contributed by atoms with Gasteiger partial charge in [-0.2, -0.15) is 0 Å². The van der Waals surface area contributed by atoms with Gasteiger partial charge in [0.25, 0.3) is 0 Å². The first-order chi connectivity index (χ1) is 15.3. The molecule has 2 heterocycles. The summed E-state index contributed by atoms with van der Waals surface area (Å²) in [6, 6.07) is 19.7. The van der Waals surface area contributed by atoms with Crippen LogP contribution in [0.3, 0.4) is 0 Å². The van der Waals surface area contributed by atoms with Crippen molar-refractivity contribution in [3.8, 4) is 22.5 Å². The van der Waals surface area contributed by atoms with Crippen molar-refractivity contribution in [2.75, 3.05) is 6.61 Å². The molecule has 0 spiro atoms. The van der Waals surface area contributed by atoms with Crippen LogP contribution in [-0.2, 0) is 4.74 Å². The molecule has 0 saturated carbocycles. The summed E-state index contributed by atoms with van der Waals surface area (Å²) in [7, 11) is 0. The van der Waals surface area contributed by atoms with Gasteiger partial charge in [0, 0.05) is 16.6 Å². The number of nitrogens with zero attached hydrogens (tertiary/aromatic N) is 2. The fraction of sp³-hybridized carbons (Fsp3) is 0.259. The van der Waals surface area contributed by atoms with Gasteiger partial charge in [0.15, 0.2) is 0 Å². The molecule has 0 saturated heterocycles. The topological polar surface area (TPSA) is 55.2 Å².